The normalized spacial score (nSPS) is 11.7. The minimum Gasteiger partial charge on any atom is -0.338 e. The second-order valence-electron chi connectivity index (χ2n) is 7.37. The summed E-state index contributed by atoms with van der Waals surface area (Å²) in [7, 11) is 0. The number of hydrogen-bond acceptors (Lipinski definition) is 3. The summed E-state index contributed by atoms with van der Waals surface area (Å²) >= 11 is 0. The maximum absolute atomic E-state index is 13.1. The van der Waals surface area contributed by atoms with Gasteiger partial charge in [-0.2, -0.15) is 23.0 Å². The van der Waals surface area contributed by atoms with Crippen LogP contribution < -0.4 is 10.9 Å². The second-order valence-corrected chi connectivity index (χ2v) is 7.37. The minimum atomic E-state index is -4.50. The van der Waals surface area contributed by atoms with Crippen LogP contribution in [0.1, 0.15) is 17.0 Å². The number of anilines is 1. The Labute approximate surface area is 180 Å². The molecule has 2 heterocycles. The van der Waals surface area contributed by atoms with E-state index in [0.29, 0.717) is 27.8 Å². The monoisotopic (exact) mass is 440 g/mol. The highest BCUT2D eigenvalue weighted by molar-refractivity contribution is 5.92. The predicted molar refractivity (Wildman–Crippen MR) is 115 cm³/mol. The lowest BCUT2D eigenvalue weighted by Gasteiger charge is -2.12. The number of alkyl halides is 3. The number of halogens is 3. The van der Waals surface area contributed by atoms with Gasteiger partial charge in [-0.15, -0.1) is 0 Å². The largest absolute Gasteiger partial charge is 0.416 e. The van der Waals surface area contributed by atoms with Crippen molar-refractivity contribution in [3.05, 3.63) is 88.1 Å². The molecule has 0 radical (unpaired) electrons. The number of para-hydroxylation sites is 1. The molecule has 1 amide bonds. The van der Waals surface area contributed by atoms with E-state index < -0.39 is 17.6 Å². The quantitative estimate of drug-likeness (QED) is 0.509. The van der Waals surface area contributed by atoms with Crippen molar-refractivity contribution in [1.82, 2.24) is 14.3 Å². The summed E-state index contributed by atoms with van der Waals surface area (Å²) in [6.45, 7) is 3.33. The first kappa shape index (κ1) is 21.4. The Morgan fingerprint density at radius 3 is 2.44 bits per heavy atom. The number of nitrogens with zero attached hydrogens (tertiary/aromatic N) is 3. The summed E-state index contributed by atoms with van der Waals surface area (Å²) in [6.07, 6.45) is -2.93. The van der Waals surface area contributed by atoms with Crippen molar-refractivity contribution < 1.29 is 18.0 Å². The van der Waals surface area contributed by atoms with E-state index in [0.717, 1.165) is 12.1 Å². The summed E-state index contributed by atoms with van der Waals surface area (Å²) in [5.74, 6) is -0.507. The number of hydrogen-bond donors (Lipinski definition) is 1. The van der Waals surface area contributed by atoms with Crippen molar-refractivity contribution >= 4 is 22.4 Å². The smallest absolute Gasteiger partial charge is 0.338 e. The summed E-state index contributed by atoms with van der Waals surface area (Å²) < 4.78 is 41.7. The molecule has 4 rings (SSSR count). The molecule has 0 unspecified atom stereocenters. The summed E-state index contributed by atoms with van der Waals surface area (Å²) in [5.41, 5.74) is 0.750. The molecule has 0 saturated heterocycles. The molecule has 1 N–H and O–H groups in total. The van der Waals surface area contributed by atoms with Crippen molar-refractivity contribution in [2.45, 2.75) is 26.6 Å². The molecular weight excluding hydrogens is 421 g/mol. The predicted octanol–water partition coefficient (Wildman–Crippen LogP) is 4.46. The number of aromatic nitrogens is 3. The molecule has 2 aromatic heterocycles. The number of benzene rings is 2. The third kappa shape index (κ3) is 3.89. The Bertz CT molecular complexity index is 1370. The molecule has 0 atom stereocenters. The fraction of sp³-hybridized carbons (Fsp3) is 0.174. The van der Waals surface area contributed by atoms with Crippen molar-refractivity contribution in [2.24, 2.45) is 0 Å². The lowest BCUT2D eigenvalue weighted by molar-refractivity contribution is -0.137. The van der Waals surface area contributed by atoms with Crippen LogP contribution in [-0.2, 0) is 17.5 Å². The van der Waals surface area contributed by atoms with Gasteiger partial charge in [-0.3, -0.25) is 9.59 Å². The summed E-state index contributed by atoms with van der Waals surface area (Å²) in [6, 6.07) is 13.4. The van der Waals surface area contributed by atoms with Gasteiger partial charge in [0.1, 0.15) is 6.54 Å². The van der Waals surface area contributed by atoms with E-state index in [1.54, 1.807) is 48.9 Å². The zero-order valence-corrected chi connectivity index (χ0v) is 17.3. The fourth-order valence-electron chi connectivity index (χ4n) is 3.72. The van der Waals surface area contributed by atoms with Crippen molar-refractivity contribution in [1.29, 1.82) is 0 Å². The standard InChI is InChI=1S/C23H19F3N4O2/c1-14-19-12-27-30(18-9-4-3-5-10-18)22(32)21(19)15(2)29(14)13-20(31)28-17-8-6-7-16(11-17)23(24,25)26/h3-12H,13H2,1-2H3,(H,28,31). The summed E-state index contributed by atoms with van der Waals surface area (Å²) in [4.78, 5) is 25.7. The molecule has 0 aliphatic rings. The first-order chi connectivity index (χ1) is 15.2. The second kappa shape index (κ2) is 7.99. The lowest BCUT2D eigenvalue weighted by atomic mass is 10.2. The molecule has 0 aliphatic carbocycles. The minimum absolute atomic E-state index is 0.0462. The Hall–Kier alpha value is -3.88. The topological polar surface area (TPSA) is 68.9 Å². The molecule has 32 heavy (non-hydrogen) atoms. The van der Waals surface area contributed by atoms with Gasteiger partial charge in [0.2, 0.25) is 5.91 Å². The van der Waals surface area contributed by atoms with Gasteiger partial charge in [-0.25, -0.2) is 0 Å². The molecule has 0 fully saturated rings. The molecule has 9 heteroatoms. The number of rotatable bonds is 4. The SMILES string of the molecule is Cc1c2cnn(-c3ccccc3)c(=O)c2c(C)n1CC(=O)Nc1cccc(C(F)(F)F)c1. The van der Waals surface area contributed by atoms with Gasteiger partial charge in [0.25, 0.3) is 5.56 Å². The van der Waals surface area contributed by atoms with Crippen LogP contribution in [0.2, 0.25) is 0 Å². The van der Waals surface area contributed by atoms with Gasteiger partial charge >= 0.3 is 6.18 Å². The number of carbonyl (C=O) groups is 1. The van der Waals surface area contributed by atoms with E-state index in [2.05, 4.69) is 10.4 Å². The Kier molecular flexibility index (Phi) is 5.33. The van der Waals surface area contributed by atoms with E-state index in [-0.39, 0.29) is 17.8 Å². The number of carbonyl (C=O) groups excluding carboxylic acids is 1. The van der Waals surface area contributed by atoms with Gasteiger partial charge in [0, 0.05) is 22.5 Å². The number of amides is 1. The molecule has 0 bridgehead atoms. The molecule has 0 aliphatic heterocycles. The molecule has 6 nitrogen and oxygen atoms in total. The number of aryl methyl sites for hydroxylation is 2. The van der Waals surface area contributed by atoms with Crippen molar-refractivity contribution in [3.8, 4) is 5.69 Å². The zero-order chi connectivity index (χ0) is 23.0. The molecular formula is C23H19F3N4O2. The van der Waals surface area contributed by atoms with Crippen molar-refractivity contribution in [3.63, 3.8) is 0 Å². The van der Waals surface area contributed by atoms with E-state index in [4.69, 9.17) is 0 Å². The number of nitrogens with one attached hydrogen (secondary N) is 1. The molecule has 0 saturated carbocycles. The van der Waals surface area contributed by atoms with Gasteiger partial charge in [0.15, 0.2) is 0 Å². The highest BCUT2D eigenvalue weighted by atomic mass is 19.4. The van der Waals surface area contributed by atoms with Crippen LogP contribution in [0.3, 0.4) is 0 Å². The van der Waals surface area contributed by atoms with E-state index in [1.807, 2.05) is 6.07 Å². The van der Waals surface area contributed by atoms with Gasteiger partial charge in [-0.1, -0.05) is 24.3 Å². The molecule has 0 spiro atoms. The van der Waals surface area contributed by atoms with Gasteiger partial charge in [0.05, 0.1) is 22.8 Å². The van der Waals surface area contributed by atoms with Gasteiger partial charge in [-0.05, 0) is 44.2 Å². The highest BCUT2D eigenvalue weighted by Crippen LogP contribution is 2.30. The molecule has 2 aromatic carbocycles. The molecule has 164 valence electrons. The fourth-order valence-corrected chi connectivity index (χ4v) is 3.72. The van der Waals surface area contributed by atoms with Crippen LogP contribution in [0.5, 0.6) is 0 Å². The van der Waals surface area contributed by atoms with E-state index in [9.17, 15) is 22.8 Å². The maximum Gasteiger partial charge on any atom is 0.416 e. The number of fused-ring (bicyclic) bond motifs is 1. The van der Waals surface area contributed by atoms with Crippen LogP contribution in [0.4, 0.5) is 18.9 Å². The van der Waals surface area contributed by atoms with Crippen molar-refractivity contribution in [2.75, 3.05) is 5.32 Å². The van der Waals surface area contributed by atoms with Gasteiger partial charge < -0.3 is 9.88 Å². The first-order valence-electron chi connectivity index (χ1n) is 9.77. The Morgan fingerprint density at radius 1 is 1.03 bits per heavy atom. The third-order valence-electron chi connectivity index (χ3n) is 5.32. The molecule has 4 aromatic rings. The average molecular weight is 440 g/mol. The van der Waals surface area contributed by atoms with Crippen LogP contribution in [0, 0.1) is 13.8 Å². The third-order valence-corrected chi connectivity index (χ3v) is 5.32. The van der Waals surface area contributed by atoms with E-state index >= 15 is 0 Å². The van der Waals surface area contributed by atoms with Crippen LogP contribution >= 0.6 is 0 Å². The van der Waals surface area contributed by atoms with Crippen LogP contribution in [0.25, 0.3) is 16.5 Å². The zero-order valence-electron chi connectivity index (χ0n) is 17.3. The Morgan fingerprint density at radius 2 is 1.75 bits per heavy atom. The Balaban J connectivity index is 1.66. The summed E-state index contributed by atoms with van der Waals surface area (Å²) in [5, 5.41) is 7.81. The average Bonchev–Trinajstić information content (AvgIpc) is 2.99. The van der Waals surface area contributed by atoms with Crippen LogP contribution in [0.15, 0.2) is 65.6 Å². The lowest BCUT2D eigenvalue weighted by Crippen LogP contribution is -2.22. The van der Waals surface area contributed by atoms with E-state index in [1.165, 1.54) is 16.8 Å². The maximum atomic E-state index is 13.1. The van der Waals surface area contributed by atoms with Crippen LogP contribution in [-0.4, -0.2) is 20.3 Å². The first-order valence-corrected chi connectivity index (χ1v) is 9.77. The highest BCUT2D eigenvalue weighted by Gasteiger charge is 2.30.